The number of carbonyl (C=O) groups is 1. The third-order valence-electron chi connectivity index (χ3n) is 6.82. The summed E-state index contributed by atoms with van der Waals surface area (Å²) in [6.45, 7) is 4.45. The fourth-order valence-electron chi connectivity index (χ4n) is 4.62. The zero-order valence-electron chi connectivity index (χ0n) is 19.8. The number of carbonyl (C=O) groups excluding carboxylic acids is 1. The van der Waals surface area contributed by atoms with Gasteiger partial charge in [0.2, 0.25) is 0 Å². The van der Waals surface area contributed by atoms with Crippen LogP contribution in [0.2, 0.25) is 0 Å². The Balaban J connectivity index is 1.72. The number of unbranched alkanes of at least 4 members (excludes halogenated alkanes) is 8. The second-order valence-electron chi connectivity index (χ2n) is 9.40. The highest BCUT2D eigenvalue weighted by molar-refractivity contribution is 5.75. The summed E-state index contributed by atoms with van der Waals surface area (Å²) in [4.78, 5) is 17.1. The zero-order chi connectivity index (χ0) is 22.4. The van der Waals surface area contributed by atoms with Gasteiger partial charge in [0.1, 0.15) is 5.75 Å². The summed E-state index contributed by atoms with van der Waals surface area (Å²) >= 11 is 0. The molecule has 1 aromatic rings. The molecule has 1 heterocycles. The van der Waals surface area contributed by atoms with Crippen LogP contribution in [-0.4, -0.2) is 11.0 Å². The molecule has 0 spiro atoms. The van der Waals surface area contributed by atoms with Crippen molar-refractivity contribution >= 4 is 5.97 Å². The minimum absolute atomic E-state index is 0.0974. The second kappa shape index (κ2) is 14.2. The fourth-order valence-corrected chi connectivity index (χ4v) is 4.62. The molecular formula is C27H42N2O2. The molecule has 0 saturated heterocycles. The normalized spacial score (nSPS) is 20.9. The van der Waals surface area contributed by atoms with Crippen LogP contribution in [0.15, 0.2) is 18.3 Å². The van der Waals surface area contributed by atoms with Gasteiger partial charge >= 0.3 is 5.97 Å². The SMILES string of the molecule is CCCCCCCc1ccc(OC(=O)[C@H]2CC[C@@](C#N)(CCCCCCC)CC2)cn1. The molecule has 0 unspecified atom stereocenters. The smallest absolute Gasteiger partial charge is 0.314 e. The van der Waals surface area contributed by atoms with E-state index in [1.54, 1.807) is 6.20 Å². The number of pyridine rings is 1. The highest BCUT2D eigenvalue weighted by atomic mass is 16.5. The van der Waals surface area contributed by atoms with Crippen molar-refractivity contribution in [1.29, 1.82) is 5.26 Å². The molecule has 0 atom stereocenters. The monoisotopic (exact) mass is 426 g/mol. The van der Waals surface area contributed by atoms with E-state index in [0.717, 1.165) is 57.1 Å². The summed E-state index contributed by atoms with van der Waals surface area (Å²) in [7, 11) is 0. The van der Waals surface area contributed by atoms with Crippen LogP contribution in [0.4, 0.5) is 0 Å². The van der Waals surface area contributed by atoms with Crippen LogP contribution in [0.1, 0.15) is 116 Å². The summed E-state index contributed by atoms with van der Waals surface area (Å²) in [5.74, 6) is 0.274. The van der Waals surface area contributed by atoms with Crippen molar-refractivity contribution < 1.29 is 9.53 Å². The Morgan fingerprint density at radius 2 is 1.68 bits per heavy atom. The first-order valence-corrected chi connectivity index (χ1v) is 12.7. The van der Waals surface area contributed by atoms with Gasteiger partial charge in [0, 0.05) is 5.69 Å². The van der Waals surface area contributed by atoms with Crippen molar-refractivity contribution in [3.05, 3.63) is 24.0 Å². The lowest BCUT2D eigenvalue weighted by Crippen LogP contribution is -2.31. The van der Waals surface area contributed by atoms with Gasteiger partial charge in [-0.25, -0.2) is 0 Å². The van der Waals surface area contributed by atoms with Crippen molar-refractivity contribution in [3.63, 3.8) is 0 Å². The molecule has 1 saturated carbocycles. The molecule has 0 bridgehead atoms. The van der Waals surface area contributed by atoms with Gasteiger partial charge in [-0.15, -0.1) is 0 Å². The number of hydrogen-bond acceptors (Lipinski definition) is 4. The number of hydrogen-bond donors (Lipinski definition) is 0. The quantitative estimate of drug-likeness (QED) is 0.227. The molecule has 0 N–H and O–H groups in total. The van der Waals surface area contributed by atoms with Gasteiger partial charge in [-0.2, -0.15) is 5.26 Å². The van der Waals surface area contributed by atoms with E-state index in [9.17, 15) is 10.1 Å². The van der Waals surface area contributed by atoms with Crippen LogP contribution in [0, 0.1) is 22.7 Å². The maximum absolute atomic E-state index is 12.6. The summed E-state index contributed by atoms with van der Waals surface area (Å²) < 4.78 is 5.61. The Hall–Kier alpha value is -1.89. The van der Waals surface area contributed by atoms with Crippen molar-refractivity contribution in [2.24, 2.45) is 11.3 Å². The molecule has 31 heavy (non-hydrogen) atoms. The maximum atomic E-state index is 12.6. The Bertz CT molecular complexity index is 669. The molecule has 0 radical (unpaired) electrons. The van der Waals surface area contributed by atoms with Gasteiger partial charge in [-0.05, 0) is 57.1 Å². The average molecular weight is 427 g/mol. The lowest BCUT2D eigenvalue weighted by Gasteiger charge is -2.34. The van der Waals surface area contributed by atoms with E-state index in [1.165, 1.54) is 51.4 Å². The maximum Gasteiger partial charge on any atom is 0.314 e. The highest BCUT2D eigenvalue weighted by Gasteiger charge is 2.37. The van der Waals surface area contributed by atoms with E-state index in [1.807, 2.05) is 12.1 Å². The minimum atomic E-state index is -0.233. The first kappa shape index (κ1) is 25.4. The molecular weight excluding hydrogens is 384 g/mol. The second-order valence-corrected chi connectivity index (χ2v) is 9.40. The van der Waals surface area contributed by atoms with Crippen LogP contribution in [0.3, 0.4) is 0 Å². The van der Waals surface area contributed by atoms with Gasteiger partial charge in [0.05, 0.1) is 23.6 Å². The highest BCUT2D eigenvalue weighted by Crippen LogP contribution is 2.42. The molecule has 1 aromatic heterocycles. The van der Waals surface area contributed by atoms with E-state index in [4.69, 9.17) is 4.74 Å². The van der Waals surface area contributed by atoms with Crippen LogP contribution < -0.4 is 4.74 Å². The van der Waals surface area contributed by atoms with Crippen molar-refractivity contribution in [2.45, 2.75) is 117 Å². The third kappa shape index (κ3) is 9.01. The zero-order valence-corrected chi connectivity index (χ0v) is 19.8. The Kier molecular flexibility index (Phi) is 11.6. The van der Waals surface area contributed by atoms with Crippen molar-refractivity contribution in [2.75, 3.05) is 0 Å². The first-order valence-electron chi connectivity index (χ1n) is 12.7. The predicted octanol–water partition coefficient (Wildman–Crippen LogP) is 7.56. The van der Waals surface area contributed by atoms with E-state index < -0.39 is 0 Å². The number of nitrogens with zero attached hydrogens (tertiary/aromatic N) is 2. The number of ether oxygens (including phenoxy) is 1. The van der Waals surface area contributed by atoms with Crippen molar-refractivity contribution in [1.82, 2.24) is 4.98 Å². The molecule has 0 aliphatic heterocycles. The summed E-state index contributed by atoms with van der Waals surface area (Å²) in [6, 6.07) is 6.43. The Labute approximate surface area is 189 Å². The number of esters is 1. The summed E-state index contributed by atoms with van der Waals surface area (Å²) in [5, 5.41) is 9.76. The number of rotatable bonds is 14. The lowest BCUT2D eigenvalue weighted by molar-refractivity contribution is -0.140. The lowest BCUT2D eigenvalue weighted by atomic mass is 9.69. The van der Waals surface area contributed by atoms with Crippen LogP contribution in [-0.2, 0) is 11.2 Å². The summed E-state index contributed by atoms with van der Waals surface area (Å²) in [5.41, 5.74) is 0.829. The molecule has 1 aliphatic rings. The average Bonchev–Trinajstić information content (AvgIpc) is 2.80. The van der Waals surface area contributed by atoms with Gasteiger partial charge in [0.15, 0.2) is 0 Å². The molecule has 0 aromatic carbocycles. The third-order valence-corrected chi connectivity index (χ3v) is 6.82. The predicted molar refractivity (Wildman–Crippen MR) is 126 cm³/mol. The largest absolute Gasteiger partial charge is 0.425 e. The minimum Gasteiger partial charge on any atom is -0.425 e. The summed E-state index contributed by atoms with van der Waals surface area (Å²) in [6.07, 6.45) is 19.1. The van der Waals surface area contributed by atoms with Crippen LogP contribution in [0.5, 0.6) is 5.75 Å². The molecule has 1 aliphatic carbocycles. The molecule has 2 rings (SSSR count). The van der Waals surface area contributed by atoms with Gasteiger partial charge in [0.25, 0.3) is 0 Å². The van der Waals surface area contributed by atoms with Crippen molar-refractivity contribution in [3.8, 4) is 11.8 Å². The standard InChI is InChI=1S/C27H42N2O2/c1-3-5-7-9-11-13-24-14-15-25(21-29-24)31-26(30)23-16-19-27(22-28,20-17-23)18-12-10-8-6-4-2/h14-15,21,23H,3-13,16-20H2,1-2H3/t23-,27-. The fraction of sp³-hybridized carbons (Fsp3) is 0.741. The van der Waals surface area contributed by atoms with E-state index >= 15 is 0 Å². The van der Waals surface area contributed by atoms with Crippen LogP contribution in [0.25, 0.3) is 0 Å². The number of aryl methyl sites for hydroxylation is 1. The molecule has 1 fully saturated rings. The van der Waals surface area contributed by atoms with E-state index in [0.29, 0.717) is 5.75 Å². The van der Waals surface area contributed by atoms with Gasteiger partial charge < -0.3 is 4.74 Å². The Morgan fingerprint density at radius 3 is 2.26 bits per heavy atom. The number of nitriles is 1. The molecule has 0 amide bonds. The van der Waals surface area contributed by atoms with E-state index in [-0.39, 0.29) is 17.3 Å². The molecule has 4 heteroatoms. The van der Waals surface area contributed by atoms with E-state index in [2.05, 4.69) is 24.9 Å². The van der Waals surface area contributed by atoms with Crippen LogP contribution >= 0.6 is 0 Å². The first-order chi connectivity index (χ1) is 15.1. The Morgan fingerprint density at radius 1 is 1.03 bits per heavy atom. The molecule has 4 nitrogen and oxygen atoms in total. The topological polar surface area (TPSA) is 63.0 Å². The molecule has 172 valence electrons. The van der Waals surface area contributed by atoms with Gasteiger partial charge in [-0.1, -0.05) is 71.6 Å². The van der Waals surface area contributed by atoms with Gasteiger partial charge in [-0.3, -0.25) is 9.78 Å². The number of aromatic nitrogens is 1.